The fraction of sp³-hybridized carbons (Fsp3) is 0.533. The van der Waals surface area contributed by atoms with E-state index in [1.54, 1.807) is 18.2 Å². The Morgan fingerprint density at radius 3 is 2.90 bits per heavy atom. The average molecular weight is 316 g/mol. The summed E-state index contributed by atoms with van der Waals surface area (Å²) in [7, 11) is 0. The molecule has 0 aromatic heterocycles. The molecule has 1 aromatic carbocycles. The number of hydrogen-bond acceptors (Lipinski definition) is 2. The van der Waals surface area contributed by atoms with Crippen molar-refractivity contribution in [2.24, 2.45) is 5.92 Å². The third-order valence-electron chi connectivity index (χ3n) is 3.41. The maximum Gasteiger partial charge on any atom is 0.255 e. The first-order chi connectivity index (χ1) is 9.90. The number of hydrogen-bond donors (Lipinski definition) is 1. The molecule has 0 radical (unpaired) electrons. The van der Waals surface area contributed by atoms with Gasteiger partial charge in [0.1, 0.15) is 1.41 Å². The van der Waals surface area contributed by atoms with Crippen molar-refractivity contribution in [3.63, 3.8) is 0 Å². The highest BCUT2D eigenvalue weighted by molar-refractivity contribution is 6.43. The number of nitrogens with one attached hydrogen (secondary N) is 1. The Hall–Kier alpha value is -0.770. The molecule has 1 atom stereocenters. The number of benzene rings is 1. The second-order valence-electron chi connectivity index (χ2n) is 5.53. The Labute approximate surface area is 131 Å². The summed E-state index contributed by atoms with van der Waals surface area (Å²) in [6.07, 6.45) is 0.820. The van der Waals surface area contributed by atoms with Gasteiger partial charge in [-0.25, -0.2) is 0 Å². The molecule has 1 aromatic rings. The average Bonchev–Trinajstić information content (AvgIpc) is 2.84. The number of halogens is 2. The molecule has 1 unspecified atom stereocenters. The van der Waals surface area contributed by atoms with Crippen LogP contribution < -0.4 is 5.31 Å². The topological polar surface area (TPSA) is 32.3 Å². The van der Waals surface area contributed by atoms with Gasteiger partial charge in [0.15, 0.2) is 0 Å². The van der Waals surface area contributed by atoms with Crippen LogP contribution in [0.25, 0.3) is 0 Å². The summed E-state index contributed by atoms with van der Waals surface area (Å²) in [5.41, 5.74) is 0.438. The van der Waals surface area contributed by atoms with Gasteiger partial charge in [0, 0.05) is 19.1 Å². The molecule has 5 heteroatoms. The van der Waals surface area contributed by atoms with Gasteiger partial charge in [-0.2, -0.15) is 0 Å². The molecule has 1 aliphatic heterocycles. The summed E-state index contributed by atoms with van der Waals surface area (Å²) in [5, 5.41) is 2.20. The van der Waals surface area contributed by atoms with E-state index in [0.29, 0.717) is 41.2 Å². The zero-order chi connectivity index (χ0) is 15.6. The summed E-state index contributed by atoms with van der Waals surface area (Å²) < 4.78 is 7.71. The normalized spacial score (nSPS) is 20.2. The third kappa shape index (κ3) is 3.46. The first-order valence-corrected chi connectivity index (χ1v) is 7.64. The van der Waals surface area contributed by atoms with Gasteiger partial charge in [-0.1, -0.05) is 43.1 Å². The van der Waals surface area contributed by atoms with Crippen LogP contribution in [0.15, 0.2) is 18.2 Å². The fourth-order valence-electron chi connectivity index (χ4n) is 2.44. The number of nitrogens with zero attached hydrogens (tertiary/aromatic N) is 1. The Balaban J connectivity index is 2.27. The molecule has 2 rings (SSSR count). The van der Waals surface area contributed by atoms with E-state index in [9.17, 15) is 4.79 Å². The number of carbonyl (C=O) groups is 1. The van der Waals surface area contributed by atoms with Gasteiger partial charge in [-0.3, -0.25) is 4.79 Å². The van der Waals surface area contributed by atoms with Gasteiger partial charge in [0.25, 0.3) is 5.91 Å². The number of carbonyl (C=O) groups excluding carboxylic acids is 1. The van der Waals surface area contributed by atoms with Crippen LogP contribution in [0.3, 0.4) is 0 Å². The molecular weight excluding hydrogens is 295 g/mol. The van der Waals surface area contributed by atoms with E-state index in [1.165, 1.54) is 5.31 Å². The largest absolute Gasteiger partial charge is 0.334 e. The zero-order valence-electron chi connectivity index (χ0n) is 12.8. The lowest BCUT2D eigenvalue weighted by Gasteiger charge is -2.30. The van der Waals surface area contributed by atoms with E-state index in [2.05, 4.69) is 13.8 Å². The SMILES string of the molecule is [2H]N1CCC(N(CC(C)C)C(=O)c2cccc(Cl)c2Cl)C1. The molecular formula is C15H20Cl2N2O. The predicted molar refractivity (Wildman–Crippen MR) is 83.6 cm³/mol. The van der Waals surface area contributed by atoms with Gasteiger partial charge in [-0.05, 0) is 31.0 Å². The quantitative estimate of drug-likeness (QED) is 0.923. The van der Waals surface area contributed by atoms with Gasteiger partial charge in [-0.15, -0.1) is 0 Å². The Kier molecular flexibility index (Phi) is 4.81. The van der Waals surface area contributed by atoms with Crippen molar-refractivity contribution in [2.75, 3.05) is 19.6 Å². The molecule has 1 heterocycles. The zero-order valence-corrected chi connectivity index (χ0v) is 13.3. The first-order valence-electron chi connectivity index (χ1n) is 7.33. The third-order valence-corrected chi connectivity index (χ3v) is 4.22. The minimum absolute atomic E-state index is 0.0625. The summed E-state index contributed by atoms with van der Waals surface area (Å²) in [6.45, 7) is 6.08. The van der Waals surface area contributed by atoms with Gasteiger partial charge in [0.05, 0.1) is 15.6 Å². The van der Waals surface area contributed by atoms with E-state index < -0.39 is 0 Å². The van der Waals surface area contributed by atoms with Crippen LogP contribution in [0.5, 0.6) is 0 Å². The summed E-state index contributed by atoms with van der Waals surface area (Å²) in [6, 6.07) is 5.18. The molecule has 1 N–H and O–H groups in total. The second-order valence-corrected chi connectivity index (χ2v) is 6.31. The molecule has 1 saturated heterocycles. The van der Waals surface area contributed by atoms with Crippen molar-refractivity contribution >= 4 is 29.1 Å². The van der Waals surface area contributed by atoms with Crippen molar-refractivity contribution in [3.8, 4) is 0 Å². The van der Waals surface area contributed by atoms with E-state index >= 15 is 0 Å². The predicted octanol–water partition coefficient (Wildman–Crippen LogP) is 3.45. The molecule has 0 bridgehead atoms. The van der Waals surface area contributed by atoms with Crippen molar-refractivity contribution in [2.45, 2.75) is 26.3 Å². The summed E-state index contributed by atoms with van der Waals surface area (Å²) >= 11 is 12.2. The molecule has 1 amide bonds. The Bertz CT molecular complexity index is 524. The smallest absolute Gasteiger partial charge is 0.255 e. The van der Waals surface area contributed by atoms with Crippen molar-refractivity contribution in [1.29, 1.82) is 0 Å². The molecule has 110 valence electrons. The van der Waals surface area contributed by atoms with Crippen molar-refractivity contribution < 1.29 is 6.21 Å². The number of amides is 1. The molecule has 1 fully saturated rings. The van der Waals surface area contributed by atoms with Gasteiger partial charge in [0.2, 0.25) is 0 Å². The molecule has 3 nitrogen and oxygen atoms in total. The minimum Gasteiger partial charge on any atom is -0.334 e. The molecule has 0 aliphatic carbocycles. The second kappa shape index (κ2) is 6.79. The maximum absolute atomic E-state index is 12.9. The van der Waals surface area contributed by atoms with Crippen LogP contribution in [-0.2, 0) is 0 Å². The van der Waals surface area contributed by atoms with Gasteiger partial charge < -0.3 is 10.2 Å². The molecule has 0 spiro atoms. The summed E-state index contributed by atoms with van der Waals surface area (Å²) in [4.78, 5) is 14.7. The molecule has 1 aliphatic rings. The standard InChI is InChI=1S/C15H20Cl2N2O/c1-10(2)9-19(11-6-7-18-8-11)15(20)12-4-3-5-13(16)14(12)17/h3-5,10-11,18H,6-9H2,1-2H3/i/hD. The summed E-state index contributed by atoms with van der Waals surface area (Å²) in [5.74, 6) is 0.253. The van der Waals surface area contributed by atoms with E-state index in [-0.39, 0.29) is 11.9 Å². The highest BCUT2D eigenvalue weighted by atomic mass is 35.5. The van der Waals surface area contributed by atoms with E-state index in [1.807, 2.05) is 4.90 Å². The first kappa shape index (κ1) is 14.2. The van der Waals surface area contributed by atoms with Crippen LogP contribution in [0.2, 0.25) is 11.5 Å². The van der Waals surface area contributed by atoms with Crippen LogP contribution in [0.4, 0.5) is 0 Å². The lowest BCUT2D eigenvalue weighted by molar-refractivity contribution is 0.0667. The monoisotopic (exact) mass is 315 g/mol. The van der Waals surface area contributed by atoms with Gasteiger partial charge >= 0.3 is 0 Å². The maximum atomic E-state index is 12.9. The molecule has 0 saturated carbocycles. The van der Waals surface area contributed by atoms with E-state index in [0.717, 1.165) is 6.42 Å². The Morgan fingerprint density at radius 2 is 2.30 bits per heavy atom. The molecule has 20 heavy (non-hydrogen) atoms. The van der Waals surface area contributed by atoms with Crippen LogP contribution >= 0.6 is 23.2 Å². The highest BCUT2D eigenvalue weighted by Crippen LogP contribution is 2.27. The van der Waals surface area contributed by atoms with Crippen molar-refractivity contribution in [1.82, 2.24) is 10.2 Å². The number of rotatable bonds is 4. The highest BCUT2D eigenvalue weighted by Gasteiger charge is 2.29. The fourth-order valence-corrected chi connectivity index (χ4v) is 2.82. The Morgan fingerprint density at radius 1 is 1.55 bits per heavy atom. The van der Waals surface area contributed by atoms with Crippen LogP contribution in [0.1, 0.15) is 30.6 Å². The van der Waals surface area contributed by atoms with E-state index in [4.69, 9.17) is 24.6 Å². The minimum atomic E-state index is -0.100. The van der Waals surface area contributed by atoms with Crippen LogP contribution in [-0.4, -0.2) is 36.5 Å². The van der Waals surface area contributed by atoms with Crippen LogP contribution in [0, 0.1) is 5.92 Å². The lowest BCUT2D eigenvalue weighted by atomic mass is 10.1. The van der Waals surface area contributed by atoms with Crippen molar-refractivity contribution in [3.05, 3.63) is 33.8 Å². The lowest BCUT2D eigenvalue weighted by Crippen LogP contribution is -2.43.